The molecule has 2 aromatic rings. The Morgan fingerprint density at radius 3 is 2.38 bits per heavy atom. The number of amides is 3. The second-order valence-corrected chi connectivity index (χ2v) is 12.0. The van der Waals surface area contributed by atoms with Crippen LogP contribution in [0.15, 0.2) is 30.3 Å². The SMILES string of the molecule is O=C(NC[C@H](C(=O)Nc1ccc(N2CCOCC2=O)c(C(F)(F)F)c1)N(C1CCC1)C1CCC1)c1ccc(Cl)s1. The molecule has 1 saturated heterocycles. The topological polar surface area (TPSA) is 91.0 Å². The van der Waals surface area contributed by atoms with Gasteiger partial charge in [-0.25, -0.2) is 0 Å². The highest BCUT2D eigenvalue weighted by atomic mass is 35.5. The molecule has 1 aromatic heterocycles. The van der Waals surface area contributed by atoms with E-state index >= 15 is 0 Å². The Balaban J connectivity index is 1.39. The van der Waals surface area contributed by atoms with Crippen LogP contribution in [0.1, 0.15) is 53.8 Å². The first kappa shape index (κ1) is 28.8. The lowest BCUT2D eigenvalue weighted by molar-refractivity contribution is -0.137. The molecule has 2 aliphatic carbocycles. The molecule has 1 aromatic carbocycles. The molecule has 13 heteroatoms. The molecule has 8 nitrogen and oxygen atoms in total. The van der Waals surface area contributed by atoms with E-state index in [0.717, 1.165) is 60.8 Å². The number of carbonyl (C=O) groups excluding carboxylic acids is 3. The van der Waals surface area contributed by atoms with Crippen LogP contribution >= 0.6 is 22.9 Å². The number of ether oxygens (including phenoxy) is 1. The van der Waals surface area contributed by atoms with Crippen molar-refractivity contribution in [2.45, 2.75) is 62.8 Å². The molecule has 5 rings (SSSR count). The smallest absolute Gasteiger partial charge is 0.370 e. The first-order valence-corrected chi connectivity index (χ1v) is 14.5. The first-order chi connectivity index (χ1) is 19.1. The Morgan fingerprint density at radius 2 is 1.82 bits per heavy atom. The average Bonchev–Trinajstić information content (AvgIpc) is 3.28. The number of morpholine rings is 1. The highest BCUT2D eigenvalue weighted by molar-refractivity contribution is 7.18. The molecule has 216 valence electrons. The number of rotatable bonds is 9. The number of halogens is 4. The molecule has 0 unspecified atom stereocenters. The second-order valence-electron chi connectivity index (χ2n) is 10.3. The van der Waals surface area contributed by atoms with Crippen LogP contribution in [-0.2, 0) is 20.5 Å². The molecule has 3 fully saturated rings. The summed E-state index contributed by atoms with van der Waals surface area (Å²) in [5, 5.41) is 5.50. The van der Waals surface area contributed by atoms with Crippen molar-refractivity contribution in [3.8, 4) is 0 Å². The summed E-state index contributed by atoms with van der Waals surface area (Å²) < 4.78 is 47.8. The molecule has 0 radical (unpaired) electrons. The molecule has 2 N–H and O–H groups in total. The van der Waals surface area contributed by atoms with Gasteiger partial charge in [0.05, 0.1) is 27.1 Å². The number of alkyl halides is 3. The number of anilines is 2. The lowest BCUT2D eigenvalue weighted by Gasteiger charge is -2.49. The molecule has 3 aliphatic rings. The zero-order valence-corrected chi connectivity index (χ0v) is 23.2. The van der Waals surface area contributed by atoms with Crippen molar-refractivity contribution in [2.75, 3.05) is 36.5 Å². The van der Waals surface area contributed by atoms with Crippen LogP contribution in [0.5, 0.6) is 0 Å². The van der Waals surface area contributed by atoms with Crippen molar-refractivity contribution in [3.63, 3.8) is 0 Å². The number of benzene rings is 1. The van der Waals surface area contributed by atoms with Crippen molar-refractivity contribution >= 4 is 52.0 Å². The molecular weight excluding hydrogens is 569 g/mol. The standard InChI is InChI=1S/C27H30ClF3N4O4S/c28-23-10-9-22(40-23)26(38)32-14-21(35(17-3-1-4-17)18-5-2-6-18)25(37)33-16-7-8-20(19(13-16)27(29,30)31)34-11-12-39-15-24(34)36/h7-10,13,17-18,21H,1-6,11-12,14-15H2,(H,32,38)(H,33,37)/t21-/m1/s1. The Labute approximate surface area is 238 Å². The number of nitrogens with zero attached hydrogens (tertiary/aromatic N) is 2. The predicted octanol–water partition coefficient (Wildman–Crippen LogP) is 4.93. The molecule has 0 spiro atoms. The molecule has 40 heavy (non-hydrogen) atoms. The van der Waals surface area contributed by atoms with E-state index in [1.165, 1.54) is 12.1 Å². The normalized spacial score (nSPS) is 19.2. The fourth-order valence-electron chi connectivity index (χ4n) is 5.30. The zero-order chi connectivity index (χ0) is 28.4. The van der Waals surface area contributed by atoms with E-state index in [4.69, 9.17) is 16.3 Å². The van der Waals surface area contributed by atoms with Gasteiger partial charge in [-0.2, -0.15) is 13.2 Å². The Bertz CT molecular complexity index is 1250. The first-order valence-electron chi connectivity index (χ1n) is 13.3. The van der Waals surface area contributed by atoms with Gasteiger partial charge >= 0.3 is 6.18 Å². The van der Waals surface area contributed by atoms with Gasteiger partial charge in [-0.1, -0.05) is 24.4 Å². The summed E-state index contributed by atoms with van der Waals surface area (Å²) >= 11 is 7.09. The van der Waals surface area contributed by atoms with Gasteiger partial charge in [0.25, 0.3) is 11.8 Å². The maximum atomic E-state index is 14.1. The van der Waals surface area contributed by atoms with Gasteiger partial charge in [-0.3, -0.25) is 19.3 Å². The maximum absolute atomic E-state index is 14.1. The van der Waals surface area contributed by atoms with Crippen LogP contribution in [0.3, 0.4) is 0 Å². The van der Waals surface area contributed by atoms with E-state index in [1.54, 1.807) is 12.1 Å². The summed E-state index contributed by atoms with van der Waals surface area (Å²) in [7, 11) is 0. The van der Waals surface area contributed by atoms with Crippen molar-refractivity contribution in [3.05, 3.63) is 45.1 Å². The van der Waals surface area contributed by atoms with E-state index in [1.807, 2.05) is 0 Å². The van der Waals surface area contributed by atoms with Crippen LogP contribution in [0.2, 0.25) is 4.34 Å². The van der Waals surface area contributed by atoms with Crippen molar-refractivity contribution < 1.29 is 32.3 Å². The lowest BCUT2D eigenvalue weighted by Crippen LogP contribution is -2.61. The van der Waals surface area contributed by atoms with Crippen LogP contribution in [-0.4, -0.2) is 67.1 Å². The van der Waals surface area contributed by atoms with Gasteiger partial charge < -0.3 is 20.3 Å². The van der Waals surface area contributed by atoms with Gasteiger partial charge in [-0.15, -0.1) is 11.3 Å². The monoisotopic (exact) mass is 598 g/mol. The number of thiophene rings is 1. The van der Waals surface area contributed by atoms with Gasteiger partial charge in [0.2, 0.25) is 5.91 Å². The minimum atomic E-state index is -4.76. The van der Waals surface area contributed by atoms with E-state index in [9.17, 15) is 27.6 Å². The molecule has 2 heterocycles. The summed E-state index contributed by atoms with van der Waals surface area (Å²) in [6, 6.07) is 6.23. The molecular formula is C27H30ClF3N4O4S. The molecule has 0 bridgehead atoms. The van der Waals surface area contributed by atoms with Gasteiger partial charge in [0.1, 0.15) is 12.6 Å². The summed E-state index contributed by atoms with van der Waals surface area (Å²) in [6.07, 6.45) is 1.03. The van der Waals surface area contributed by atoms with Gasteiger partial charge in [-0.05, 0) is 56.0 Å². The number of carbonyl (C=O) groups is 3. The number of hydrogen-bond acceptors (Lipinski definition) is 6. The molecule has 2 saturated carbocycles. The quantitative estimate of drug-likeness (QED) is 0.427. The Hall–Kier alpha value is -2.67. The number of nitrogens with one attached hydrogen (secondary N) is 2. The summed E-state index contributed by atoms with van der Waals surface area (Å²) in [4.78, 5) is 42.3. The van der Waals surface area contributed by atoms with Crippen LogP contribution < -0.4 is 15.5 Å². The highest BCUT2D eigenvalue weighted by Crippen LogP contribution is 2.39. The van der Waals surface area contributed by atoms with Crippen molar-refractivity contribution in [2.24, 2.45) is 0 Å². The van der Waals surface area contributed by atoms with Gasteiger partial charge in [0.15, 0.2) is 0 Å². The van der Waals surface area contributed by atoms with Crippen LogP contribution in [0, 0.1) is 0 Å². The lowest BCUT2D eigenvalue weighted by atomic mass is 9.83. The van der Waals surface area contributed by atoms with Crippen molar-refractivity contribution in [1.82, 2.24) is 10.2 Å². The molecule has 3 amide bonds. The third-order valence-electron chi connectivity index (χ3n) is 7.75. The van der Waals surface area contributed by atoms with Crippen molar-refractivity contribution in [1.29, 1.82) is 0 Å². The molecule has 1 aliphatic heterocycles. The van der Waals surface area contributed by atoms with E-state index in [-0.39, 0.29) is 55.7 Å². The molecule has 1 atom stereocenters. The van der Waals surface area contributed by atoms with E-state index in [2.05, 4.69) is 15.5 Å². The summed E-state index contributed by atoms with van der Waals surface area (Å²) in [5.41, 5.74) is -1.33. The van der Waals surface area contributed by atoms with Crippen LogP contribution in [0.4, 0.5) is 24.5 Å². The summed E-state index contributed by atoms with van der Waals surface area (Å²) in [5.74, 6) is -1.42. The maximum Gasteiger partial charge on any atom is 0.418 e. The third kappa shape index (κ3) is 6.29. The highest BCUT2D eigenvalue weighted by Gasteiger charge is 2.42. The van der Waals surface area contributed by atoms with E-state index in [0.29, 0.717) is 9.21 Å². The summed E-state index contributed by atoms with van der Waals surface area (Å²) in [6.45, 7) is -0.161. The second kappa shape index (κ2) is 12.1. The van der Waals surface area contributed by atoms with E-state index < -0.39 is 29.6 Å². The fraction of sp³-hybridized carbons (Fsp3) is 0.519. The van der Waals surface area contributed by atoms with Gasteiger partial charge in [0, 0.05) is 30.9 Å². The third-order valence-corrected chi connectivity index (χ3v) is 8.98. The zero-order valence-electron chi connectivity index (χ0n) is 21.6. The Kier molecular flexibility index (Phi) is 8.69. The average molecular weight is 599 g/mol. The minimum Gasteiger partial charge on any atom is -0.370 e. The Morgan fingerprint density at radius 1 is 1.12 bits per heavy atom. The predicted molar refractivity (Wildman–Crippen MR) is 146 cm³/mol. The fourth-order valence-corrected chi connectivity index (χ4v) is 6.26. The van der Waals surface area contributed by atoms with Crippen LogP contribution in [0.25, 0.3) is 0 Å². The number of hydrogen-bond donors (Lipinski definition) is 2. The minimum absolute atomic E-state index is 0.000321. The largest absolute Gasteiger partial charge is 0.418 e.